The van der Waals surface area contributed by atoms with Gasteiger partial charge in [-0.2, -0.15) is 0 Å². The third-order valence-corrected chi connectivity index (χ3v) is 2.60. The van der Waals surface area contributed by atoms with Crippen molar-refractivity contribution in [2.24, 2.45) is 5.73 Å². The number of anilines is 1. The summed E-state index contributed by atoms with van der Waals surface area (Å²) < 4.78 is 17.9. The van der Waals surface area contributed by atoms with E-state index in [9.17, 15) is 14.0 Å². The molecular formula is C15H13FN2O3. The zero-order chi connectivity index (χ0) is 15.2. The van der Waals surface area contributed by atoms with Crippen LogP contribution in [-0.2, 0) is 4.79 Å². The van der Waals surface area contributed by atoms with E-state index in [1.54, 1.807) is 24.3 Å². The second kappa shape index (κ2) is 6.51. The summed E-state index contributed by atoms with van der Waals surface area (Å²) in [5.74, 6) is -0.847. The van der Waals surface area contributed by atoms with Crippen molar-refractivity contribution in [1.82, 2.24) is 0 Å². The topological polar surface area (TPSA) is 81.4 Å². The highest BCUT2D eigenvalue weighted by molar-refractivity contribution is 6.04. The van der Waals surface area contributed by atoms with Gasteiger partial charge in [-0.15, -0.1) is 0 Å². The van der Waals surface area contributed by atoms with Crippen molar-refractivity contribution in [3.63, 3.8) is 0 Å². The lowest BCUT2D eigenvalue weighted by atomic mass is 10.2. The van der Waals surface area contributed by atoms with Crippen LogP contribution in [0.5, 0.6) is 5.75 Å². The van der Waals surface area contributed by atoms with E-state index in [4.69, 9.17) is 10.5 Å². The van der Waals surface area contributed by atoms with Crippen LogP contribution in [0, 0.1) is 5.82 Å². The molecule has 0 aliphatic carbocycles. The van der Waals surface area contributed by atoms with Gasteiger partial charge in [-0.3, -0.25) is 9.59 Å². The second-order valence-corrected chi connectivity index (χ2v) is 4.24. The number of carbonyl (C=O) groups excluding carboxylic acids is 2. The normalized spacial score (nSPS) is 9.95. The van der Waals surface area contributed by atoms with E-state index in [-0.39, 0.29) is 12.5 Å². The van der Waals surface area contributed by atoms with E-state index in [1.165, 1.54) is 24.3 Å². The van der Waals surface area contributed by atoms with E-state index < -0.39 is 11.7 Å². The molecule has 2 amide bonds. The van der Waals surface area contributed by atoms with Gasteiger partial charge in [0.05, 0.1) is 0 Å². The van der Waals surface area contributed by atoms with Crippen molar-refractivity contribution >= 4 is 17.5 Å². The van der Waals surface area contributed by atoms with Crippen LogP contribution in [0.25, 0.3) is 0 Å². The van der Waals surface area contributed by atoms with Crippen LogP contribution in [0.3, 0.4) is 0 Å². The molecule has 2 rings (SSSR count). The Balaban J connectivity index is 1.98. The first-order valence-corrected chi connectivity index (χ1v) is 6.12. The maximum Gasteiger partial charge on any atom is 0.255 e. The van der Waals surface area contributed by atoms with Crippen LogP contribution in [0.4, 0.5) is 10.1 Å². The quantitative estimate of drug-likeness (QED) is 0.882. The fraction of sp³-hybridized carbons (Fsp3) is 0.0667. The lowest BCUT2D eigenvalue weighted by molar-refractivity contribution is -0.119. The molecule has 0 aliphatic heterocycles. The molecule has 0 heterocycles. The Labute approximate surface area is 120 Å². The van der Waals surface area contributed by atoms with Gasteiger partial charge in [-0.1, -0.05) is 0 Å². The molecule has 0 spiro atoms. The summed E-state index contributed by atoms with van der Waals surface area (Å²) in [5, 5.41) is 2.66. The molecule has 3 N–H and O–H groups in total. The van der Waals surface area contributed by atoms with Crippen molar-refractivity contribution in [1.29, 1.82) is 0 Å². The molecule has 0 saturated carbocycles. The Bertz CT molecular complexity index is 639. The van der Waals surface area contributed by atoms with Crippen LogP contribution in [0.15, 0.2) is 48.5 Å². The molecule has 6 heteroatoms. The van der Waals surface area contributed by atoms with Crippen LogP contribution >= 0.6 is 0 Å². The average Bonchev–Trinajstić information content (AvgIpc) is 2.47. The molecule has 0 bridgehead atoms. The van der Waals surface area contributed by atoms with Gasteiger partial charge in [-0.05, 0) is 48.5 Å². The monoisotopic (exact) mass is 288 g/mol. The Morgan fingerprint density at radius 3 is 2.24 bits per heavy atom. The number of nitrogens with two attached hydrogens (primary N) is 1. The minimum Gasteiger partial charge on any atom is -0.484 e. The molecule has 0 fully saturated rings. The predicted octanol–water partition coefficient (Wildman–Crippen LogP) is 1.94. The molecule has 0 aromatic heterocycles. The van der Waals surface area contributed by atoms with E-state index in [0.717, 1.165) is 0 Å². The summed E-state index contributed by atoms with van der Waals surface area (Å²) in [7, 11) is 0. The number of benzene rings is 2. The Kier molecular flexibility index (Phi) is 4.50. The third-order valence-electron chi connectivity index (χ3n) is 2.60. The summed E-state index contributed by atoms with van der Waals surface area (Å²) in [4.78, 5) is 22.5. The van der Waals surface area contributed by atoms with Crippen molar-refractivity contribution in [3.05, 3.63) is 59.9 Å². The van der Waals surface area contributed by atoms with Gasteiger partial charge in [0, 0.05) is 11.3 Å². The molecule has 0 radical (unpaired) electrons. The Hall–Kier alpha value is -2.89. The first kappa shape index (κ1) is 14.5. The van der Waals surface area contributed by atoms with Crippen molar-refractivity contribution in [2.75, 3.05) is 11.9 Å². The van der Waals surface area contributed by atoms with Gasteiger partial charge < -0.3 is 15.8 Å². The van der Waals surface area contributed by atoms with E-state index in [1.807, 2.05) is 0 Å². The molecule has 0 atom stereocenters. The molecule has 2 aromatic carbocycles. The lowest BCUT2D eigenvalue weighted by Gasteiger charge is -2.07. The highest BCUT2D eigenvalue weighted by Crippen LogP contribution is 2.16. The number of hydrogen-bond acceptors (Lipinski definition) is 3. The van der Waals surface area contributed by atoms with Gasteiger partial charge in [-0.25, -0.2) is 4.39 Å². The lowest BCUT2D eigenvalue weighted by Crippen LogP contribution is -2.20. The van der Waals surface area contributed by atoms with Gasteiger partial charge in [0.1, 0.15) is 11.6 Å². The van der Waals surface area contributed by atoms with Gasteiger partial charge in [0.2, 0.25) is 0 Å². The maximum absolute atomic E-state index is 12.8. The minimum absolute atomic E-state index is 0.207. The SMILES string of the molecule is NC(=O)COc1ccc(NC(=O)c2ccc(F)cc2)cc1. The highest BCUT2D eigenvalue weighted by atomic mass is 19.1. The van der Waals surface area contributed by atoms with E-state index >= 15 is 0 Å². The molecule has 0 aliphatic rings. The second-order valence-electron chi connectivity index (χ2n) is 4.24. The van der Waals surface area contributed by atoms with Crippen LogP contribution in [0.1, 0.15) is 10.4 Å². The number of carbonyl (C=O) groups is 2. The molecule has 2 aromatic rings. The summed E-state index contributed by atoms with van der Waals surface area (Å²) in [6, 6.07) is 11.7. The van der Waals surface area contributed by atoms with E-state index in [2.05, 4.69) is 5.32 Å². The van der Waals surface area contributed by atoms with Crippen LogP contribution < -0.4 is 15.8 Å². The minimum atomic E-state index is -0.566. The van der Waals surface area contributed by atoms with Crippen molar-refractivity contribution < 1.29 is 18.7 Å². The number of rotatable bonds is 5. The van der Waals surface area contributed by atoms with Gasteiger partial charge in [0.25, 0.3) is 11.8 Å². The Morgan fingerprint density at radius 2 is 1.67 bits per heavy atom. The number of hydrogen-bond donors (Lipinski definition) is 2. The number of halogens is 1. The Morgan fingerprint density at radius 1 is 1.05 bits per heavy atom. The summed E-state index contributed by atoms with van der Waals surface area (Å²) in [5.41, 5.74) is 5.87. The number of nitrogens with one attached hydrogen (secondary N) is 1. The number of primary amides is 1. The molecule has 108 valence electrons. The summed E-state index contributed by atoms with van der Waals surface area (Å²) in [6.07, 6.45) is 0. The first-order chi connectivity index (χ1) is 10.0. The van der Waals surface area contributed by atoms with Crippen molar-refractivity contribution in [2.45, 2.75) is 0 Å². The van der Waals surface area contributed by atoms with Crippen LogP contribution in [-0.4, -0.2) is 18.4 Å². The number of amides is 2. The first-order valence-electron chi connectivity index (χ1n) is 6.12. The average molecular weight is 288 g/mol. The van der Waals surface area contributed by atoms with Crippen LogP contribution in [0.2, 0.25) is 0 Å². The number of ether oxygens (including phenoxy) is 1. The largest absolute Gasteiger partial charge is 0.484 e. The van der Waals surface area contributed by atoms with E-state index in [0.29, 0.717) is 17.0 Å². The van der Waals surface area contributed by atoms with Gasteiger partial charge in [0.15, 0.2) is 6.61 Å². The molecular weight excluding hydrogens is 275 g/mol. The molecule has 5 nitrogen and oxygen atoms in total. The molecule has 21 heavy (non-hydrogen) atoms. The predicted molar refractivity (Wildman–Crippen MR) is 75.5 cm³/mol. The fourth-order valence-corrected chi connectivity index (χ4v) is 1.59. The smallest absolute Gasteiger partial charge is 0.255 e. The zero-order valence-corrected chi connectivity index (χ0v) is 11.0. The summed E-state index contributed by atoms with van der Waals surface area (Å²) in [6.45, 7) is -0.207. The third kappa shape index (κ3) is 4.31. The van der Waals surface area contributed by atoms with Crippen molar-refractivity contribution in [3.8, 4) is 5.75 Å². The summed E-state index contributed by atoms with van der Waals surface area (Å²) >= 11 is 0. The maximum atomic E-state index is 12.8. The molecule has 0 unspecified atom stereocenters. The standard InChI is InChI=1S/C15H13FN2O3/c16-11-3-1-10(2-4-11)15(20)18-12-5-7-13(8-6-12)21-9-14(17)19/h1-8H,9H2,(H2,17,19)(H,18,20). The molecule has 0 saturated heterocycles. The van der Waals surface area contributed by atoms with Gasteiger partial charge >= 0.3 is 0 Å². The fourth-order valence-electron chi connectivity index (χ4n) is 1.59. The zero-order valence-electron chi connectivity index (χ0n) is 11.0. The highest BCUT2D eigenvalue weighted by Gasteiger charge is 2.06.